The summed E-state index contributed by atoms with van der Waals surface area (Å²) in [5, 5.41) is 11.0. The van der Waals surface area contributed by atoms with Crippen LogP contribution in [0.4, 0.5) is 5.69 Å². The van der Waals surface area contributed by atoms with Crippen molar-refractivity contribution in [2.24, 2.45) is 0 Å². The fourth-order valence-corrected chi connectivity index (χ4v) is 3.71. The van der Waals surface area contributed by atoms with Crippen molar-refractivity contribution in [1.29, 1.82) is 0 Å². The van der Waals surface area contributed by atoms with Crippen molar-refractivity contribution in [3.8, 4) is 0 Å². The van der Waals surface area contributed by atoms with Gasteiger partial charge in [-0.15, -0.1) is 0 Å². The molecule has 5 nitrogen and oxygen atoms in total. The fraction of sp³-hybridized carbons (Fsp3) is 0.0714. The van der Waals surface area contributed by atoms with Crippen LogP contribution in [0, 0.1) is 0 Å². The number of carboxylic acid groups (broad SMARTS) is 1. The number of hydrogen-bond donors (Lipinski definition) is 0. The van der Waals surface area contributed by atoms with Crippen molar-refractivity contribution in [2.45, 2.75) is 4.90 Å². The van der Waals surface area contributed by atoms with E-state index in [1.165, 1.54) is 42.5 Å². The maximum atomic E-state index is 12.7. The van der Waals surface area contributed by atoms with Crippen molar-refractivity contribution < 1.29 is 18.3 Å². The lowest BCUT2D eigenvalue weighted by molar-refractivity contribution is -0.303. The highest BCUT2D eigenvalue weighted by Gasteiger charge is 2.27. The third-order valence-electron chi connectivity index (χ3n) is 2.80. The highest BCUT2D eigenvalue weighted by atomic mass is 35.5. The van der Waals surface area contributed by atoms with E-state index in [4.69, 9.17) is 23.2 Å². The Kier molecular flexibility index (Phi) is 4.95. The number of rotatable bonds is 5. The molecule has 0 bridgehead atoms. The summed E-state index contributed by atoms with van der Waals surface area (Å²) in [5.41, 5.74) is -0.0257. The van der Waals surface area contributed by atoms with Gasteiger partial charge < -0.3 is 9.90 Å². The molecule has 0 aliphatic rings. The summed E-state index contributed by atoms with van der Waals surface area (Å²) in [6.07, 6.45) is 0. The summed E-state index contributed by atoms with van der Waals surface area (Å²) in [5.74, 6) is -1.56. The molecule has 2 aromatic carbocycles. The molecule has 0 N–H and O–H groups in total. The van der Waals surface area contributed by atoms with Crippen LogP contribution in [0.1, 0.15) is 0 Å². The van der Waals surface area contributed by atoms with Gasteiger partial charge in [-0.25, -0.2) is 8.42 Å². The van der Waals surface area contributed by atoms with Gasteiger partial charge in [-0.2, -0.15) is 0 Å². The molecular weight excluding hydrogens is 349 g/mol. The number of halogens is 2. The molecule has 22 heavy (non-hydrogen) atoms. The third kappa shape index (κ3) is 3.35. The maximum Gasteiger partial charge on any atom is 0.264 e. The van der Waals surface area contributed by atoms with E-state index in [-0.39, 0.29) is 20.6 Å². The molecule has 0 aliphatic heterocycles. The zero-order valence-electron chi connectivity index (χ0n) is 11.1. The first-order valence-corrected chi connectivity index (χ1v) is 8.25. The summed E-state index contributed by atoms with van der Waals surface area (Å²) in [4.78, 5) is 10.9. The second kappa shape index (κ2) is 6.56. The Morgan fingerprint density at radius 1 is 1.05 bits per heavy atom. The Morgan fingerprint density at radius 2 is 1.68 bits per heavy atom. The standard InChI is InChI=1S/C14H11Cl2NO4S/c15-11-7-4-8-12(14(11)16)17(9-13(18)19)22(20,21)10-5-2-1-3-6-10/h1-8H,9H2,(H,18,19)/p-1. The molecule has 0 amide bonds. The zero-order valence-corrected chi connectivity index (χ0v) is 13.4. The molecule has 0 heterocycles. The van der Waals surface area contributed by atoms with Gasteiger partial charge in [-0.05, 0) is 24.3 Å². The summed E-state index contributed by atoms with van der Waals surface area (Å²) >= 11 is 11.9. The maximum absolute atomic E-state index is 12.7. The number of carbonyl (C=O) groups excluding carboxylic acids is 1. The average Bonchev–Trinajstić information content (AvgIpc) is 2.48. The predicted octanol–water partition coefficient (Wildman–Crippen LogP) is 1.94. The minimum absolute atomic E-state index is 0.0257. The molecule has 0 radical (unpaired) electrons. The lowest BCUT2D eigenvalue weighted by atomic mass is 10.3. The smallest absolute Gasteiger partial charge is 0.264 e. The van der Waals surface area contributed by atoms with E-state index < -0.39 is 22.5 Å². The number of anilines is 1. The second-order valence-electron chi connectivity index (χ2n) is 4.27. The molecule has 116 valence electrons. The normalized spacial score (nSPS) is 11.2. The van der Waals surface area contributed by atoms with E-state index in [1.807, 2.05) is 0 Å². The van der Waals surface area contributed by atoms with Gasteiger partial charge in [0.1, 0.15) is 0 Å². The number of benzene rings is 2. The Labute approximate surface area is 137 Å². The summed E-state index contributed by atoms with van der Waals surface area (Å²) in [6, 6.07) is 11.7. The number of sulfonamides is 1. The van der Waals surface area contributed by atoms with Crippen LogP contribution in [0.25, 0.3) is 0 Å². The molecule has 2 aromatic rings. The van der Waals surface area contributed by atoms with Gasteiger partial charge >= 0.3 is 0 Å². The highest BCUT2D eigenvalue weighted by molar-refractivity contribution is 7.92. The van der Waals surface area contributed by atoms with E-state index in [0.717, 1.165) is 0 Å². The Morgan fingerprint density at radius 3 is 2.27 bits per heavy atom. The first-order chi connectivity index (χ1) is 10.3. The van der Waals surface area contributed by atoms with Gasteiger partial charge in [0.15, 0.2) is 0 Å². The lowest BCUT2D eigenvalue weighted by Gasteiger charge is -2.26. The minimum Gasteiger partial charge on any atom is -0.548 e. The molecule has 0 saturated heterocycles. The molecule has 0 aliphatic carbocycles. The summed E-state index contributed by atoms with van der Waals surface area (Å²) in [7, 11) is -4.12. The van der Waals surface area contributed by atoms with Crippen LogP contribution < -0.4 is 9.41 Å². The van der Waals surface area contributed by atoms with Crippen molar-refractivity contribution in [1.82, 2.24) is 0 Å². The van der Waals surface area contributed by atoms with Crippen molar-refractivity contribution in [2.75, 3.05) is 10.8 Å². The van der Waals surface area contributed by atoms with E-state index in [1.54, 1.807) is 6.07 Å². The van der Waals surface area contributed by atoms with E-state index in [2.05, 4.69) is 0 Å². The largest absolute Gasteiger partial charge is 0.548 e. The quantitative estimate of drug-likeness (QED) is 0.818. The lowest BCUT2D eigenvalue weighted by Crippen LogP contribution is -2.41. The Balaban J connectivity index is 2.61. The zero-order chi connectivity index (χ0) is 16.3. The number of nitrogens with zero attached hydrogens (tertiary/aromatic N) is 1. The number of carbonyl (C=O) groups is 1. The molecule has 8 heteroatoms. The van der Waals surface area contributed by atoms with Crippen LogP contribution >= 0.6 is 23.2 Å². The second-order valence-corrected chi connectivity index (χ2v) is 6.92. The van der Waals surface area contributed by atoms with Crippen LogP contribution in [-0.2, 0) is 14.8 Å². The van der Waals surface area contributed by atoms with E-state index >= 15 is 0 Å². The van der Waals surface area contributed by atoms with Crippen LogP contribution in [-0.4, -0.2) is 20.9 Å². The highest BCUT2D eigenvalue weighted by Crippen LogP contribution is 2.35. The van der Waals surface area contributed by atoms with Crippen molar-refractivity contribution >= 4 is 44.9 Å². The van der Waals surface area contributed by atoms with Crippen molar-refractivity contribution in [3.05, 3.63) is 58.6 Å². The third-order valence-corrected chi connectivity index (χ3v) is 5.39. The van der Waals surface area contributed by atoms with Gasteiger partial charge in [-0.1, -0.05) is 47.5 Å². The van der Waals surface area contributed by atoms with Crippen LogP contribution in [0.2, 0.25) is 10.0 Å². The van der Waals surface area contributed by atoms with Gasteiger partial charge in [0, 0.05) is 0 Å². The molecule has 0 saturated carbocycles. The SMILES string of the molecule is O=C([O-])CN(c1cccc(Cl)c1Cl)S(=O)(=O)c1ccccc1. The predicted molar refractivity (Wildman–Crippen MR) is 82.4 cm³/mol. The van der Waals surface area contributed by atoms with Crippen LogP contribution in [0.15, 0.2) is 53.4 Å². The topological polar surface area (TPSA) is 77.5 Å². The molecule has 0 fully saturated rings. The molecule has 0 unspecified atom stereocenters. The molecule has 2 rings (SSSR count). The summed E-state index contributed by atoms with van der Waals surface area (Å²) in [6.45, 7) is -0.878. The van der Waals surface area contributed by atoms with Crippen molar-refractivity contribution in [3.63, 3.8) is 0 Å². The first kappa shape index (κ1) is 16.6. The number of carboxylic acids is 1. The summed E-state index contributed by atoms with van der Waals surface area (Å²) < 4.78 is 26.0. The molecule has 0 spiro atoms. The van der Waals surface area contributed by atoms with Crippen LogP contribution in [0.5, 0.6) is 0 Å². The fourth-order valence-electron chi connectivity index (χ4n) is 1.82. The van der Waals surface area contributed by atoms with E-state index in [9.17, 15) is 18.3 Å². The van der Waals surface area contributed by atoms with Gasteiger partial charge in [0.05, 0.1) is 33.1 Å². The van der Waals surface area contributed by atoms with Gasteiger partial charge in [0.25, 0.3) is 10.0 Å². The Hall–Kier alpha value is -1.76. The first-order valence-electron chi connectivity index (χ1n) is 6.05. The minimum atomic E-state index is -4.12. The molecule has 0 aromatic heterocycles. The van der Waals surface area contributed by atoms with Crippen LogP contribution in [0.3, 0.4) is 0 Å². The Bertz CT molecular complexity index is 794. The number of hydrogen-bond acceptors (Lipinski definition) is 4. The molecular formula is C14H10Cl2NO4S-. The van der Waals surface area contributed by atoms with E-state index in [0.29, 0.717) is 4.31 Å². The van der Waals surface area contributed by atoms with Gasteiger partial charge in [0.2, 0.25) is 0 Å². The number of aliphatic carboxylic acids is 1. The average molecular weight is 359 g/mol. The monoisotopic (exact) mass is 358 g/mol. The van der Waals surface area contributed by atoms with Gasteiger partial charge in [-0.3, -0.25) is 4.31 Å². The molecule has 0 atom stereocenters.